The molecule has 0 aliphatic carbocycles. The van der Waals surface area contributed by atoms with Gasteiger partial charge in [-0.3, -0.25) is 9.00 Å². The van der Waals surface area contributed by atoms with Gasteiger partial charge in [-0.2, -0.15) is 0 Å². The van der Waals surface area contributed by atoms with Crippen molar-refractivity contribution in [3.63, 3.8) is 0 Å². The molecular formula is C14H28N2O2S. The molecular weight excluding hydrogens is 260 g/mol. The van der Waals surface area contributed by atoms with Gasteiger partial charge in [-0.25, -0.2) is 0 Å². The Balaban J connectivity index is 2.40. The molecule has 0 aromatic heterocycles. The van der Waals surface area contributed by atoms with Gasteiger partial charge in [0.25, 0.3) is 0 Å². The summed E-state index contributed by atoms with van der Waals surface area (Å²) >= 11 is 0. The van der Waals surface area contributed by atoms with Crippen LogP contribution in [0.25, 0.3) is 0 Å². The fourth-order valence-electron chi connectivity index (χ4n) is 2.44. The molecule has 1 fully saturated rings. The molecule has 3 atom stereocenters. The maximum Gasteiger partial charge on any atom is 0.225 e. The molecule has 112 valence electrons. The molecule has 1 rings (SSSR count). The van der Waals surface area contributed by atoms with Crippen LogP contribution in [0.5, 0.6) is 0 Å². The summed E-state index contributed by atoms with van der Waals surface area (Å²) < 4.78 is 11.3. The number of nitrogens with one attached hydrogen (secondary N) is 2. The lowest BCUT2D eigenvalue weighted by Gasteiger charge is -2.36. The first kappa shape index (κ1) is 16.6. The highest BCUT2D eigenvalue weighted by Crippen LogP contribution is 2.31. The first-order valence-electron chi connectivity index (χ1n) is 7.17. The maximum absolute atomic E-state index is 12.3. The van der Waals surface area contributed by atoms with Crippen LogP contribution in [0.3, 0.4) is 0 Å². The molecule has 1 amide bonds. The molecule has 0 saturated carbocycles. The van der Waals surface area contributed by atoms with Crippen molar-refractivity contribution in [3.8, 4) is 0 Å². The molecule has 0 spiro atoms. The molecule has 1 saturated heterocycles. The monoisotopic (exact) mass is 288 g/mol. The smallest absolute Gasteiger partial charge is 0.225 e. The van der Waals surface area contributed by atoms with E-state index in [1.165, 1.54) is 0 Å². The molecule has 5 heteroatoms. The van der Waals surface area contributed by atoms with E-state index in [0.717, 1.165) is 32.4 Å². The van der Waals surface area contributed by atoms with Crippen molar-refractivity contribution >= 4 is 16.7 Å². The third kappa shape index (κ3) is 4.88. The molecule has 2 N–H and O–H groups in total. The Bertz CT molecular complexity index is 325. The van der Waals surface area contributed by atoms with Gasteiger partial charge in [0.2, 0.25) is 5.91 Å². The van der Waals surface area contributed by atoms with Crippen molar-refractivity contribution in [3.05, 3.63) is 0 Å². The van der Waals surface area contributed by atoms with E-state index in [4.69, 9.17) is 0 Å². The molecule has 19 heavy (non-hydrogen) atoms. The summed E-state index contributed by atoms with van der Waals surface area (Å²) in [4.78, 5) is 12.3. The van der Waals surface area contributed by atoms with E-state index < -0.39 is 10.8 Å². The Hall–Kier alpha value is -0.420. The SMILES string of the molecule is CC(CCNC(=O)C(C)(C)C1CCCNC1)S(C)=O. The van der Waals surface area contributed by atoms with Gasteiger partial charge in [-0.05, 0) is 38.3 Å². The van der Waals surface area contributed by atoms with Crippen molar-refractivity contribution in [2.24, 2.45) is 11.3 Å². The van der Waals surface area contributed by atoms with Crippen LogP contribution in [-0.4, -0.2) is 41.3 Å². The Morgan fingerprint density at radius 3 is 2.74 bits per heavy atom. The Kier molecular flexibility index (Phi) is 6.47. The van der Waals surface area contributed by atoms with Crippen LogP contribution in [-0.2, 0) is 15.6 Å². The maximum atomic E-state index is 12.3. The number of piperidine rings is 1. The lowest BCUT2D eigenvalue weighted by Crippen LogP contribution is -2.47. The zero-order valence-electron chi connectivity index (χ0n) is 12.6. The van der Waals surface area contributed by atoms with Gasteiger partial charge in [-0.1, -0.05) is 20.8 Å². The highest BCUT2D eigenvalue weighted by molar-refractivity contribution is 7.84. The summed E-state index contributed by atoms with van der Waals surface area (Å²) in [6, 6.07) is 0. The number of hydrogen-bond donors (Lipinski definition) is 2. The largest absolute Gasteiger partial charge is 0.356 e. The molecule has 0 aromatic rings. The van der Waals surface area contributed by atoms with Crippen LogP contribution in [0.1, 0.15) is 40.0 Å². The van der Waals surface area contributed by atoms with Gasteiger partial charge >= 0.3 is 0 Å². The predicted octanol–water partition coefficient (Wildman–Crippen LogP) is 1.29. The molecule has 1 heterocycles. The molecule has 4 nitrogen and oxygen atoms in total. The fourth-order valence-corrected chi connectivity index (χ4v) is 2.89. The average Bonchev–Trinajstić information content (AvgIpc) is 2.39. The van der Waals surface area contributed by atoms with Gasteiger partial charge in [0.15, 0.2) is 0 Å². The van der Waals surface area contributed by atoms with Crippen LogP contribution < -0.4 is 10.6 Å². The van der Waals surface area contributed by atoms with Crippen molar-refractivity contribution in [1.82, 2.24) is 10.6 Å². The normalized spacial score (nSPS) is 23.7. The van der Waals surface area contributed by atoms with E-state index in [1.54, 1.807) is 6.26 Å². The van der Waals surface area contributed by atoms with Crippen LogP contribution >= 0.6 is 0 Å². The van der Waals surface area contributed by atoms with Gasteiger partial charge < -0.3 is 10.6 Å². The second kappa shape index (κ2) is 7.39. The van der Waals surface area contributed by atoms with Crippen LogP contribution in [0.2, 0.25) is 0 Å². The zero-order chi connectivity index (χ0) is 14.5. The average molecular weight is 288 g/mol. The second-order valence-electron chi connectivity index (χ2n) is 6.12. The van der Waals surface area contributed by atoms with E-state index in [9.17, 15) is 9.00 Å². The number of amides is 1. The van der Waals surface area contributed by atoms with Gasteiger partial charge in [0.1, 0.15) is 0 Å². The van der Waals surface area contributed by atoms with Crippen molar-refractivity contribution < 1.29 is 9.00 Å². The molecule has 0 aromatic carbocycles. The van der Waals surface area contributed by atoms with Gasteiger partial charge in [0.05, 0.1) is 0 Å². The number of rotatable bonds is 6. The Labute approximate surface area is 119 Å². The first-order valence-corrected chi connectivity index (χ1v) is 8.79. The summed E-state index contributed by atoms with van der Waals surface area (Å²) in [7, 11) is -0.812. The van der Waals surface area contributed by atoms with Gasteiger partial charge in [-0.15, -0.1) is 0 Å². The standard InChI is InChI=1S/C14H28N2O2S/c1-11(19(4)18)7-9-16-13(17)14(2,3)12-6-5-8-15-10-12/h11-12,15H,5-10H2,1-4H3,(H,16,17). The van der Waals surface area contributed by atoms with Crippen LogP contribution in [0, 0.1) is 11.3 Å². The number of hydrogen-bond acceptors (Lipinski definition) is 3. The topological polar surface area (TPSA) is 58.2 Å². The predicted molar refractivity (Wildman–Crippen MR) is 80.5 cm³/mol. The third-order valence-electron chi connectivity index (χ3n) is 4.31. The second-order valence-corrected chi connectivity index (χ2v) is 7.92. The fraction of sp³-hybridized carbons (Fsp3) is 0.929. The summed E-state index contributed by atoms with van der Waals surface area (Å²) in [5.41, 5.74) is -0.331. The number of carbonyl (C=O) groups excluding carboxylic acids is 1. The molecule has 0 radical (unpaired) electrons. The van der Waals surface area contributed by atoms with E-state index in [0.29, 0.717) is 12.5 Å². The molecule has 3 unspecified atom stereocenters. The first-order chi connectivity index (χ1) is 8.85. The van der Waals surface area contributed by atoms with Crippen molar-refractivity contribution in [2.45, 2.75) is 45.3 Å². The van der Waals surface area contributed by atoms with E-state index in [1.807, 2.05) is 20.8 Å². The minimum atomic E-state index is -0.812. The Morgan fingerprint density at radius 1 is 1.53 bits per heavy atom. The summed E-state index contributed by atoms with van der Waals surface area (Å²) in [5.74, 6) is 0.522. The molecule has 1 aliphatic heterocycles. The minimum absolute atomic E-state index is 0.121. The minimum Gasteiger partial charge on any atom is -0.356 e. The van der Waals surface area contributed by atoms with Crippen molar-refractivity contribution in [2.75, 3.05) is 25.9 Å². The highest BCUT2D eigenvalue weighted by atomic mass is 32.2. The molecule has 1 aliphatic rings. The van der Waals surface area contributed by atoms with Gasteiger partial charge in [0, 0.05) is 34.3 Å². The van der Waals surface area contributed by atoms with E-state index in [2.05, 4.69) is 10.6 Å². The highest BCUT2D eigenvalue weighted by Gasteiger charge is 2.36. The summed E-state index contributed by atoms with van der Waals surface area (Å²) in [6.07, 6.45) is 4.74. The van der Waals surface area contributed by atoms with E-state index >= 15 is 0 Å². The molecule has 0 bridgehead atoms. The number of carbonyl (C=O) groups is 1. The third-order valence-corrected chi connectivity index (χ3v) is 5.67. The zero-order valence-corrected chi connectivity index (χ0v) is 13.4. The lowest BCUT2D eigenvalue weighted by molar-refractivity contribution is -0.132. The van der Waals surface area contributed by atoms with E-state index in [-0.39, 0.29) is 16.6 Å². The summed E-state index contributed by atoms with van der Waals surface area (Å²) in [6.45, 7) is 8.62. The summed E-state index contributed by atoms with van der Waals surface area (Å²) in [5, 5.41) is 6.51. The van der Waals surface area contributed by atoms with Crippen LogP contribution in [0.15, 0.2) is 0 Å². The van der Waals surface area contributed by atoms with Crippen molar-refractivity contribution in [1.29, 1.82) is 0 Å². The Morgan fingerprint density at radius 2 is 2.21 bits per heavy atom. The lowest BCUT2D eigenvalue weighted by atomic mass is 9.74. The quantitative estimate of drug-likeness (QED) is 0.774. The van der Waals surface area contributed by atoms with Crippen LogP contribution in [0.4, 0.5) is 0 Å².